The van der Waals surface area contributed by atoms with Crippen LogP contribution in [-0.2, 0) is 10.8 Å². The van der Waals surface area contributed by atoms with E-state index >= 15 is 0 Å². The Balaban J connectivity index is 1.07. The summed E-state index contributed by atoms with van der Waals surface area (Å²) >= 11 is 0. The minimum atomic E-state index is -0.419. The van der Waals surface area contributed by atoms with Gasteiger partial charge in [0.25, 0.3) is 0 Å². The van der Waals surface area contributed by atoms with E-state index in [1.54, 1.807) is 0 Å². The van der Waals surface area contributed by atoms with Crippen LogP contribution in [-0.4, -0.2) is 0 Å². The fourth-order valence-electron chi connectivity index (χ4n) is 10.9. The van der Waals surface area contributed by atoms with Crippen LogP contribution in [0, 0.1) is 0 Å². The highest BCUT2D eigenvalue weighted by atomic mass is 15.1. The number of hydrogen-bond donors (Lipinski definition) is 0. The van der Waals surface area contributed by atoms with Gasteiger partial charge < -0.3 is 4.90 Å². The van der Waals surface area contributed by atoms with Gasteiger partial charge in [-0.25, -0.2) is 0 Å². The summed E-state index contributed by atoms with van der Waals surface area (Å²) in [6, 6.07) is 79.1. The lowest BCUT2D eigenvalue weighted by Crippen LogP contribution is -2.26. The van der Waals surface area contributed by atoms with Gasteiger partial charge in [-0.15, -0.1) is 0 Å². The molecule has 0 saturated heterocycles. The van der Waals surface area contributed by atoms with Gasteiger partial charge in [0, 0.05) is 22.4 Å². The maximum absolute atomic E-state index is 2.52. The molecule has 12 rings (SSSR count). The summed E-state index contributed by atoms with van der Waals surface area (Å²) in [4.78, 5) is 2.52. The summed E-state index contributed by atoms with van der Waals surface area (Å²) in [7, 11) is 0. The normalized spacial score (nSPS) is 14.2. The van der Waals surface area contributed by atoms with Crippen LogP contribution < -0.4 is 4.90 Å². The highest BCUT2D eigenvalue weighted by molar-refractivity contribution is 6.01. The van der Waals surface area contributed by atoms with Gasteiger partial charge in [-0.2, -0.15) is 0 Å². The number of rotatable bonds is 5. The maximum atomic E-state index is 2.52. The van der Waals surface area contributed by atoms with Crippen LogP contribution >= 0.6 is 0 Å². The highest BCUT2D eigenvalue weighted by Crippen LogP contribution is 2.65. The topological polar surface area (TPSA) is 3.24 Å². The minimum absolute atomic E-state index is 0.129. The molecule has 1 nitrogen and oxygen atoms in total. The molecular weight excluding hydrogens is 711 g/mol. The van der Waals surface area contributed by atoms with Crippen molar-refractivity contribution < 1.29 is 0 Å². The first kappa shape index (κ1) is 33.9. The average molecular weight is 752 g/mol. The van der Waals surface area contributed by atoms with E-state index in [-0.39, 0.29) is 5.41 Å². The SMILES string of the molecule is CC1(C)c2ccccc2-c2ccc(N(c3ccc(-c4ccc(-c5ccccc5)cc4)cc3)c3cccc4c3-c3ccccc3C43c4ccccc4-c4ccccc43)cc21. The first-order valence-electron chi connectivity index (χ1n) is 20.8. The summed E-state index contributed by atoms with van der Waals surface area (Å²) in [5.74, 6) is 0. The van der Waals surface area contributed by atoms with Crippen LogP contribution in [0.5, 0.6) is 0 Å². The van der Waals surface area contributed by atoms with Crippen LogP contribution in [0.3, 0.4) is 0 Å². The molecule has 0 radical (unpaired) electrons. The van der Waals surface area contributed by atoms with E-state index in [1.165, 1.54) is 94.7 Å². The van der Waals surface area contributed by atoms with Crippen LogP contribution in [0.1, 0.15) is 47.2 Å². The average Bonchev–Trinajstić information content (AvgIpc) is 3.86. The molecule has 0 aromatic heterocycles. The lowest BCUT2D eigenvalue weighted by Gasteiger charge is -2.32. The number of nitrogens with zero attached hydrogens (tertiary/aromatic N) is 1. The zero-order chi connectivity index (χ0) is 39.3. The van der Waals surface area contributed by atoms with Crippen molar-refractivity contribution in [3.63, 3.8) is 0 Å². The monoisotopic (exact) mass is 751 g/mol. The van der Waals surface area contributed by atoms with Crippen LogP contribution in [0.15, 0.2) is 212 Å². The predicted molar refractivity (Wildman–Crippen MR) is 246 cm³/mol. The molecule has 9 aromatic rings. The molecule has 0 atom stereocenters. The molecule has 3 aliphatic carbocycles. The van der Waals surface area contributed by atoms with E-state index in [0.717, 1.165) is 11.4 Å². The van der Waals surface area contributed by atoms with E-state index < -0.39 is 5.41 Å². The second kappa shape index (κ2) is 12.6. The second-order valence-corrected chi connectivity index (χ2v) is 16.8. The molecule has 0 N–H and O–H groups in total. The van der Waals surface area contributed by atoms with Gasteiger partial charge in [0.2, 0.25) is 0 Å². The number of anilines is 3. The fraction of sp³-hybridized carbons (Fsp3) is 0.0690. The summed E-state index contributed by atoms with van der Waals surface area (Å²) in [5, 5.41) is 0. The second-order valence-electron chi connectivity index (χ2n) is 16.8. The Morgan fingerprint density at radius 2 is 0.729 bits per heavy atom. The third-order valence-corrected chi connectivity index (χ3v) is 13.5. The van der Waals surface area contributed by atoms with Crippen molar-refractivity contribution in [3.05, 3.63) is 246 Å². The highest BCUT2D eigenvalue weighted by Gasteiger charge is 2.52. The largest absolute Gasteiger partial charge is 0.310 e. The molecular formula is C58H41N. The van der Waals surface area contributed by atoms with Gasteiger partial charge in [0.05, 0.1) is 11.1 Å². The zero-order valence-electron chi connectivity index (χ0n) is 33.2. The quantitative estimate of drug-likeness (QED) is 0.169. The van der Waals surface area contributed by atoms with Crippen LogP contribution in [0.2, 0.25) is 0 Å². The van der Waals surface area contributed by atoms with E-state index in [4.69, 9.17) is 0 Å². The third kappa shape index (κ3) is 4.73. The van der Waals surface area contributed by atoms with Gasteiger partial charge in [-0.1, -0.05) is 196 Å². The lowest BCUT2D eigenvalue weighted by molar-refractivity contribution is 0.660. The van der Waals surface area contributed by atoms with Gasteiger partial charge >= 0.3 is 0 Å². The molecule has 59 heavy (non-hydrogen) atoms. The third-order valence-electron chi connectivity index (χ3n) is 13.5. The zero-order valence-corrected chi connectivity index (χ0v) is 33.2. The molecule has 1 heteroatoms. The summed E-state index contributed by atoms with van der Waals surface area (Å²) in [6.45, 7) is 4.75. The molecule has 0 bridgehead atoms. The van der Waals surface area contributed by atoms with E-state index in [2.05, 4.69) is 231 Å². The van der Waals surface area contributed by atoms with Gasteiger partial charge in [-0.05, 0) is 114 Å². The molecule has 1 spiro atoms. The molecule has 0 aliphatic heterocycles. The Kier molecular flexibility index (Phi) is 7.26. The van der Waals surface area contributed by atoms with Gasteiger partial charge in [-0.3, -0.25) is 0 Å². The Morgan fingerprint density at radius 3 is 1.34 bits per heavy atom. The van der Waals surface area contributed by atoms with Crippen molar-refractivity contribution in [2.45, 2.75) is 24.7 Å². The fourth-order valence-corrected chi connectivity index (χ4v) is 10.9. The predicted octanol–water partition coefficient (Wildman–Crippen LogP) is 15.1. The van der Waals surface area contributed by atoms with Gasteiger partial charge in [0.15, 0.2) is 0 Å². The van der Waals surface area contributed by atoms with E-state index in [9.17, 15) is 0 Å². The van der Waals surface area contributed by atoms with Crippen LogP contribution in [0.25, 0.3) is 55.6 Å². The summed E-state index contributed by atoms with van der Waals surface area (Å²) < 4.78 is 0. The number of hydrogen-bond acceptors (Lipinski definition) is 1. The number of benzene rings is 9. The molecule has 9 aromatic carbocycles. The van der Waals surface area contributed by atoms with Gasteiger partial charge in [0.1, 0.15) is 0 Å². The molecule has 278 valence electrons. The van der Waals surface area contributed by atoms with Crippen molar-refractivity contribution >= 4 is 17.1 Å². The number of fused-ring (bicyclic) bond motifs is 13. The van der Waals surface area contributed by atoms with E-state index in [0.29, 0.717) is 0 Å². The molecule has 0 heterocycles. The van der Waals surface area contributed by atoms with Crippen molar-refractivity contribution in [2.24, 2.45) is 0 Å². The maximum Gasteiger partial charge on any atom is 0.0726 e. The minimum Gasteiger partial charge on any atom is -0.310 e. The Bertz CT molecular complexity index is 3070. The Hall–Kier alpha value is -7.22. The Morgan fingerprint density at radius 1 is 0.305 bits per heavy atom. The first-order chi connectivity index (χ1) is 29.0. The smallest absolute Gasteiger partial charge is 0.0726 e. The van der Waals surface area contributed by atoms with Crippen molar-refractivity contribution in [1.29, 1.82) is 0 Å². The summed E-state index contributed by atoms with van der Waals surface area (Å²) in [6.07, 6.45) is 0. The lowest BCUT2D eigenvalue weighted by atomic mass is 9.70. The molecule has 0 amide bonds. The van der Waals surface area contributed by atoms with Crippen molar-refractivity contribution in [2.75, 3.05) is 4.90 Å². The van der Waals surface area contributed by atoms with Crippen LogP contribution in [0.4, 0.5) is 17.1 Å². The van der Waals surface area contributed by atoms with Crippen molar-refractivity contribution in [1.82, 2.24) is 0 Å². The molecule has 0 unspecified atom stereocenters. The standard InChI is InChI=1S/C58H41N/c1-57(2)49-21-10-6-17-44(49)47-36-35-43(37-54(47)57)59(42-33-31-41(32-34-42)40-29-27-39(28-30-40)38-15-4-3-5-16-38)55-26-14-25-53-56(55)48-20-9-13-24-52(48)58(53)50-22-11-7-18-45(50)46-19-8-12-23-51(46)58/h3-37H,1-2H3. The molecule has 3 aliphatic rings. The molecule has 0 saturated carbocycles. The van der Waals surface area contributed by atoms with Crippen molar-refractivity contribution in [3.8, 4) is 55.6 Å². The first-order valence-corrected chi connectivity index (χ1v) is 20.8. The van der Waals surface area contributed by atoms with E-state index in [1.807, 2.05) is 0 Å². The molecule has 0 fully saturated rings. The Labute approximate surface area is 346 Å². The summed E-state index contributed by atoms with van der Waals surface area (Å²) in [5.41, 5.74) is 23.8.